The Balaban J connectivity index is 1.59. The summed E-state index contributed by atoms with van der Waals surface area (Å²) in [6, 6.07) is 20.3. The highest BCUT2D eigenvalue weighted by atomic mass is 35.5. The second kappa shape index (κ2) is 7.00. The zero-order valence-corrected chi connectivity index (χ0v) is 17.6. The number of nitrogens with zero attached hydrogens (tertiary/aromatic N) is 3. The van der Waals surface area contributed by atoms with Gasteiger partial charge in [0.2, 0.25) is 6.79 Å². The predicted octanol–water partition coefficient (Wildman–Crippen LogP) is 5.94. The minimum Gasteiger partial charge on any atom is -0.454 e. The molecule has 3 aromatic rings. The Morgan fingerprint density at radius 3 is 2.39 bits per heavy atom. The topological polar surface area (TPSA) is 49.2 Å². The van der Waals surface area contributed by atoms with Crippen LogP contribution in [0.15, 0.2) is 66.9 Å². The van der Waals surface area contributed by atoms with E-state index in [2.05, 4.69) is 52.2 Å². The van der Waals surface area contributed by atoms with E-state index in [1.165, 1.54) is 11.1 Å². The van der Waals surface area contributed by atoms with Crippen molar-refractivity contribution in [1.29, 1.82) is 0 Å². The van der Waals surface area contributed by atoms with Gasteiger partial charge in [-0.05, 0) is 30.7 Å². The molecule has 0 aromatic heterocycles. The maximum atomic E-state index is 6.08. The summed E-state index contributed by atoms with van der Waals surface area (Å²) >= 11 is 6.08. The molecule has 0 fully saturated rings. The third-order valence-corrected chi connectivity index (χ3v) is 5.94. The molecule has 5 nitrogen and oxygen atoms in total. The Bertz CT molecular complexity index is 1390. The van der Waals surface area contributed by atoms with Crippen LogP contribution in [0.2, 0.25) is 5.02 Å². The Morgan fingerprint density at radius 2 is 1.61 bits per heavy atom. The van der Waals surface area contributed by atoms with Gasteiger partial charge < -0.3 is 14.0 Å². The number of pyridine rings is 1. The van der Waals surface area contributed by atoms with E-state index in [0.717, 1.165) is 51.5 Å². The van der Waals surface area contributed by atoms with E-state index in [1.807, 2.05) is 36.4 Å². The van der Waals surface area contributed by atoms with Crippen LogP contribution >= 0.6 is 11.6 Å². The smallest absolute Gasteiger partial charge is 0.231 e. The fourth-order valence-corrected chi connectivity index (χ4v) is 4.19. The van der Waals surface area contributed by atoms with Crippen LogP contribution in [0.25, 0.3) is 33.4 Å². The first kappa shape index (κ1) is 18.2. The van der Waals surface area contributed by atoms with Gasteiger partial charge in [0.1, 0.15) is 11.4 Å². The molecule has 0 saturated carbocycles. The Morgan fingerprint density at radius 1 is 0.903 bits per heavy atom. The fraction of sp³-hybridized carbons (Fsp3) is 0.120. The lowest BCUT2D eigenvalue weighted by molar-refractivity contribution is 0.174. The van der Waals surface area contributed by atoms with Gasteiger partial charge in [0.15, 0.2) is 11.5 Å². The van der Waals surface area contributed by atoms with Gasteiger partial charge in [-0.2, -0.15) is 0 Å². The molecule has 0 unspecified atom stereocenters. The number of ether oxygens (including phenoxy) is 2. The highest BCUT2D eigenvalue weighted by molar-refractivity contribution is 6.30. The van der Waals surface area contributed by atoms with Gasteiger partial charge in [-0.3, -0.25) is 0 Å². The van der Waals surface area contributed by atoms with Crippen LogP contribution < -0.4 is 9.47 Å². The molecule has 0 saturated heterocycles. The van der Waals surface area contributed by atoms with E-state index in [4.69, 9.17) is 21.1 Å². The average Bonchev–Trinajstić information content (AvgIpc) is 3.41. The van der Waals surface area contributed by atoms with Crippen molar-refractivity contribution in [3.8, 4) is 34.0 Å². The van der Waals surface area contributed by atoms with Crippen molar-refractivity contribution >= 4 is 22.5 Å². The van der Waals surface area contributed by atoms with E-state index < -0.39 is 0 Å². The zero-order chi connectivity index (χ0) is 20.9. The van der Waals surface area contributed by atoms with Crippen molar-refractivity contribution in [2.75, 3.05) is 6.79 Å². The van der Waals surface area contributed by atoms with Crippen LogP contribution in [0.5, 0.6) is 11.5 Å². The molecule has 0 atom stereocenters. The first-order valence-electron chi connectivity index (χ1n) is 10.1. The molecule has 3 aromatic carbocycles. The summed E-state index contributed by atoms with van der Waals surface area (Å²) in [4.78, 5) is 0. The lowest BCUT2D eigenvalue weighted by Gasteiger charge is -2.16. The first-order chi connectivity index (χ1) is 15.2. The van der Waals surface area contributed by atoms with E-state index in [-0.39, 0.29) is 6.79 Å². The van der Waals surface area contributed by atoms with Crippen LogP contribution in [0.1, 0.15) is 11.1 Å². The summed E-state index contributed by atoms with van der Waals surface area (Å²) in [5.41, 5.74) is 7.14. The Kier molecular flexibility index (Phi) is 4.11. The normalized spacial score (nSPS) is 12.7. The van der Waals surface area contributed by atoms with Gasteiger partial charge in [0.05, 0.1) is 5.52 Å². The number of rotatable bonds is 3. The Labute approximate surface area is 184 Å². The molecule has 6 heteroatoms. The number of hydrogen-bond acceptors (Lipinski definition) is 4. The second-order valence-electron chi connectivity index (χ2n) is 7.78. The molecule has 3 aliphatic heterocycles. The molecule has 0 N–H and O–H groups in total. The van der Waals surface area contributed by atoms with Gasteiger partial charge in [-0.1, -0.05) is 53.6 Å². The lowest BCUT2D eigenvalue weighted by atomic mass is 10.0. The molecule has 31 heavy (non-hydrogen) atoms. The van der Waals surface area contributed by atoms with Crippen molar-refractivity contribution in [3.63, 3.8) is 0 Å². The lowest BCUT2D eigenvalue weighted by Crippen LogP contribution is -2.04. The Hall–Kier alpha value is -3.57. The van der Waals surface area contributed by atoms with Gasteiger partial charge in [0.25, 0.3) is 0 Å². The number of benzene rings is 3. The van der Waals surface area contributed by atoms with Crippen molar-refractivity contribution in [2.45, 2.75) is 13.5 Å². The molecule has 3 aliphatic rings. The SMILES string of the molecule is Cc1ccc(Cn2cc3c(-c4ccc(Cl)cc4)nnc-3c3cc4c(cc32)OCO4)cc1. The number of fused-ring (bicyclic) bond motifs is 4. The van der Waals surface area contributed by atoms with Gasteiger partial charge in [-0.15, -0.1) is 10.2 Å². The molecule has 0 aliphatic carbocycles. The molecule has 0 bridgehead atoms. The summed E-state index contributed by atoms with van der Waals surface area (Å²) in [7, 11) is 0. The van der Waals surface area contributed by atoms with Gasteiger partial charge >= 0.3 is 0 Å². The van der Waals surface area contributed by atoms with E-state index >= 15 is 0 Å². The summed E-state index contributed by atoms with van der Waals surface area (Å²) in [5, 5.41) is 10.7. The molecule has 152 valence electrons. The van der Waals surface area contributed by atoms with Gasteiger partial charge in [-0.25, -0.2) is 0 Å². The number of hydrogen-bond donors (Lipinski definition) is 0. The van der Waals surface area contributed by atoms with Gasteiger partial charge in [0, 0.05) is 40.3 Å². The average molecular weight is 428 g/mol. The van der Waals surface area contributed by atoms with Crippen molar-refractivity contribution in [1.82, 2.24) is 14.8 Å². The third kappa shape index (κ3) is 3.09. The minimum absolute atomic E-state index is 0.232. The monoisotopic (exact) mass is 427 g/mol. The molecule has 0 spiro atoms. The summed E-state index contributed by atoms with van der Waals surface area (Å²) < 4.78 is 13.5. The summed E-state index contributed by atoms with van der Waals surface area (Å²) in [5.74, 6) is 1.49. The van der Waals surface area contributed by atoms with Crippen LogP contribution in [0.4, 0.5) is 0 Å². The van der Waals surface area contributed by atoms with E-state index in [1.54, 1.807) is 0 Å². The van der Waals surface area contributed by atoms with Crippen LogP contribution in [0.3, 0.4) is 0 Å². The maximum absolute atomic E-state index is 6.08. The number of aryl methyl sites for hydroxylation is 1. The van der Waals surface area contributed by atoms with Crippen LogP contribution in [0, 0.1) is 6.92 Å². The summed E-state index contributed by atoms with van der Waals surface area (Å²) in [6.45, 7) is 3.05. The van der Waals surface area contributed by atoms with Crippen molar-refractivity contribution in [2.24, 2.45) is 0 Å². The second-order valence-corrected chi connectivity index (χ2v) is 8.22. The zero-order valence-electron chi connectivity index (χ0n) is 16.8. The molecule has 0 radical (unpaired) electrons. The molecular formula is C25H18ClN3O2. The van der Waals surface area contributed by atoms with Crippen LogP contribution in [-0.2, 0) is 6.54 Å². The third-order valence-electron chi connectivity index (χ3n) is 5.69. The highest BCUT2D eigenvalue weighted by Crippen LogP contribution is 2.42. The minimum atomic E-state index is 0.232. The molecule has 3 heterocycles. The van der Waals surface area contributed by atoms with E-state index in [9.17, 15) is 0 Å². The largest absolute Gasteiger partial charge is 0.454 e. The fourth-order valence-electron chi connectivity index (χ4n) is 4.07. The van der Waals surface area contributed by atoms with E-state index in [0.29, 0.717) is 5.02 Å². The highest BCUT2D eigenvalue weighted by Gasteiger charge is 2.24. The van der Waals surface area contributed by atoms with Crippen molar-refractivity contribution < 1.29 is 9.47 Å². The maximum Gasteiger partial charge on any atom is 0.231 e. The molecule has 0 amide bonds. The van der Waals surface area contributed by atoms with Crippen LogP contribution in [-0.4, -0.2) is 21.6 Å². The number of aromatic nitrogens is 3. The first-order valence-corrected chi connectivity index (χ1v) is 10.4. The predicted molar refractivity (Wildman–Crippen MR) is 121 cm³/mol. The number of halogens is 1. The summed E-state index contributed by atoms with van der Waals surface area (Å²) in [6.07, 6.45) is 2.13. The standard InChI is InChI=1S/C25H18ClN3O2/c1-15-2-4-16(5-3-15)12-29-13-20-24(17-6-8-18(26)9-7-17)27-28-25(20)19-10-22-23(11-21(19)29)31-14-30-22/h2-11,13H,12,14H2,1H3. The molecule has 6 rings (SSSR count). The van der Waals surface area contributed by atoms with Crippen molar-refractivity contribution in [3.05, 3.63) is 83.0 Å². The molecular weight excluding hydrogens is 410 g/mol. The quantitative estimate of drug-likeness (QED) is 0.357.